The van der Waals surface area contributed by atoms with Crippen molar-refractivity contribution < 1.29 is 0 Å². The summed E-state index contributed by atoms with van der Waals surface area (Å²) in [5.41, 5.74) is 7.40. The Balaban J connectivity index is 2.19. The molecule has 0 aliphatic heterocycles. The molecule has 2 aromatic carbocycles. The third-order valence-electron chi connectivity index (χ3n) is 3.06. The zero-order valence-corrected chi connectivity index (χ0v) is 10.3. The largest absolute Gasteiger partial charge is 0.379 e. The molecule has 0 spiro atoms. The molecule has 4 heteroatoms. The highest BCUT2D eigenvalue weighted by molar-refractivity contribution is 5.80. The molecular formula is C15H13N3O. The number of nitrogen functional groups attached to an aromatic ring is 1. The van der Waals surface area contributed by atoms with Crippen LogP contribution in [0.1, 0.15) is 5.56 Å². The molecule has 4 nitrogen and oxygen atoms in total. The molecule has 1 heterocycles. The topological polar surface area (TPSA) is 60.9 Å². The number of para-hydroxylation sites is 1. The van der Waals surface area contributed by atoms with Crippen LogP contribution in [-0.4, -0.2) is 9.78 Å². The third kappa shape index (κ3) is 2.08. The Bertz CT molecular complexity index is 778. The Morgan fingerprint density at radius 1 is 1.00 bits per heavy atom. The molecule has 0 fully saturated rings. The number of hydrogen-bond donors (Lipinski definition) is 1. The Morgan fingerprint density at radius 2 is 1.68 bits per heavy atom. The first kappa shape index (κ1) is 11.5. The zero-order chi connectivity index (χ0) is 13.2. The van der Waals surface area contributed by atoms with E-state index in [1.807, 2.05) is 48.5 Å². The van der Waals surface area contributed by atoms with Gasteiger partial charge in [-0.15, -0.1) is 0 Å². The molecule has 0 aliphatic carbocycles. The van der Waals surface area contributed by atoms with Crippen LogP contribution in [0.2, 0.25) is 0 Å². The molecule has 0 saturated carbocycles. The second-order valence-electron chi connectivity index (χ2n) is 4.37. The first-order chi connectivity index (χ1) is 9.25. The van der Waals surface area contributed by atoms with E-state index in [0.29, 0.717) is 11.9 Å². The maximum atomic E-state index is 11.9. The van der Waals surface area contributed by atoms with Crippen molar-refractivity contribution in [2.45, 2.75) is 6.54 Å². The molecular weight excluding hydrogens is 238 g/mol. The Hall–Kier alpha value is -2.62. The maximum Gasteiger partial charge on any atom is 0.231 e. The van der Waals surface area contributed by atoms with Crippen molar-refractivity contribution in [1.82, 2.24) is 9.78 Å². The molecule has 0 atom stereocenters. The lowest BCUT2D eigenvalue weighted by atomic mass is 10.2. The lowest BCUT2D eigenvalue weighted by Crippen LogP contribution is -2.18. The van der Waals surface area contributed by atoms with Gasteiger partial charge in [-0.05, 0) is 17.7 Å². The molecule has 3 aromatic rings. The molecule has 0 saturated heterocycles. The van der Waals surface area contributed by atoms with Crippen molar-refractivity contribution in [2.24, 2.45) is 0 Å². The fraction of sp³-hybridized carbons (Fsp3) is 0.0667. The Morgan fingerprint density at radius 3 is 2.47 bits per heavy atom. The van der Waals surface area contributed by atoms with Gasteiger partial charge in [-0.25, -0.2) is 0 Å². The van der Waals surface area contributed by atoms with E-state index < -0.39 is 0 Å². The number of anilines is 1. The van der Waals surface area contributed by atoms with E-state index in [-0.39, 0.29) is 11.2 Å². The average Bonchev–Trinajstić information content (AvgIpc) is 2.46. The van der Waals surface area contributed by atoms with E-state index in [1.165, 1.54) is 0 Å². The van der Waals surface area contributed by atoms with Crippen LogP contribution in [0.3, 0.4) is 0 Å². The van der Waals surface area contributed by atoms with E-state index in [9.17, 15) is 4.79 Å². The summed E-state index contributed by atoms with van der Waals surface area (Å²) in [4.78, 5) is 11.9. The standard InChI is InChI=1S/C15H13N3O/c16-15-14(19)12-8-4-5-9-13(12)18(17-15)10-11-6-2-1-3-7-11/h1-9H,10H2,(H2,16,17). The van der Waals surface area contributed by atoms with E-state index in [0.717, 1.165) is 11.1 Å². The highest BCUT2D eigenvalue weighted by Crippen LogP contribution is 2.12. The van der Waals surface area contributed by atoms with E-state index in [1.54, 1.807) is 10.7 Å². The Kier molecular flexibility index (Phi) is 2.76. The highest BCUT2D eigenvalue weighted by Gasteiger charge is 2.07. The van der Waals surface area contributed by atoms with Gasteiger partial charge in [0.2, 0.25) is 5.43 Å². The van der Waals surface area contributed by atoms with Gasteiger partial charge in [-0.3, -0.25) is 9.48 Å². The number of aromatic nitrogens is 2. The number of nitrogens with zero attached hydrogens (tertiary/aromatic N) is 2. The van der Waals surface area contributed by atoms with Crippen molar-refractivity contribution in [3.05, 3.63) is 70.4 Å². The van der Waals surface area contributed by atoms with Crippen molar-refractivity contribution in [2.75, 3.05) is 5.73 Å². The SMILES string of the molecule is Nc1nn(Cc2ccccc2)c2ccccc2c1=O. The minimum atomic E-state index is -0.208. The number of nitrogens with two attached hydrogens (primary N) is 1. The fourth-order valence-corrected chi connectivity index (χ4v) is 2.13. The minimum absolute atomic E-state index is 0.0367. The summed E-state index contributed by atoms with van der Waals surface area (Å²) in [5, 5.41) is 4.78. The van der Waals surface area contributed by atoms with E-state index in [4.69, 9.17) is 5.73 Å². The van der Waals surface area contributed by atoms with Crippen LogP contribution in [0, 0.1) is 0 Å². The molecule has 0 radical (unpaired) electrons. The van der Waals surface area contributed by atoms with Crippen LogP contribution < -0.4 is 11.2 Å². The van der Waals surface area contributed by atoms with E-state index in [2.05, 4.69) is 5.10 Å². The van der Waals surface area contributed by atoms with Crippen LogP contribution in [0.4, 0.5) is 5.82 Å². The highest BCUT2D eigenvalue weighted by atomic mass is 16.1. The third-order valence-corrected chi connectivity index (χ3v) is 3.06. The first-order valence-electron chi connectivity index (χ1n) is 6.05. The maximum absolute atomic E-state index is 11.9. The molecule has 0 aliphatic rings. The average molecular weight is 251 g/mol. The van der Waals surface area contributed by atoms with Gasteiger partial charge in [-0.1, -0.05) is 42.5 Å². The molecule has 0 bridgehead atoms. The van der Waals surface area contributed by atoms with Crippen LogP contribution in [0.25, 0.3) is 10.9 Å². The van der Waals surface area contributed by atoms with Gasteiger partial charge >= 0.3 is 0 Å². The predicted molar refractivity (Wildman–Crippen MR) is 76.0 cm³/mol. The van der Waals surface area contributed by atoms with E-state index >= 15 is 0 Å². The fourth-order valence-electron chi connectivity index (χ4n) is 2.13. The van der Waals surface area contributed by atoms with Crippen LogP contribution >= 0.6 is 0 Å². The van der Waals surface area contributed by atoms with Crippen molar-refractivity contribution in [1.29, 1.82) is 0 Å². The second kappa shape index (κ2) is 4.57. The summed E-state index contributed by atoms with van der Waals surface area (Å²) in [7, 11) is 0. The smallest absolute Gasteiger partial charge is 0.231 e. The van der Waals surface area contributed by atoms with Gasteiger partial charge in [0, 0.05) is 0 Å². The quantitative estimate of drug-likeness (QED) is 0.758. The number of rotatable bonds is 2. The molecule has 0 amide bonds. The van der Waals surface area contributed by atoms with Crippen molar-refractivity contribution >= 4 is 16.7 Å². The molecule has 3 rings (SSSR count). The van der Waals surface area contributed by atoms with Gasteiger partial charge in [0.15, 0.2) is 5.82 Å². The van der Waals surface area contributed by atoms with Gasteiger partial charge < -0.3 is 5.73 Å². The van der Waals surface area contributed by atoms with Gasteiger partial charge in [0.05, 0.1) is 17.4 Å². The summed E-state index contributed by atoms with van der Waals surface area (Å²) >= 11 is 0. The number of fused-ring (bicyclic) bond motifs is 1. The molecule has 19 heavy (non-hydrogen) atoms. The summed E-state index contributed by atoms with van der Waals surface area (Å²) in [6, 6.07) is 17.3. The summed E-state index contributed by atoms with van der Waals surface area (Å²) < 4.78 is 1.77. The molecule has 94 valence electrons. The van der Waals surface area contributed by atoms with Crippen molar-refractivity contribution in [3.8, 4) is 0 Å². The monoisotopic (exact) mass is 251 g/mol. The van der Waals surface area contributed by atoms with Crippen LogP contribution in [0.5, 0.6) is 0 Å². The second-order valence-corrected chi connectivity index (χ2v) is 4.37. The normalized spacial score (nSPS) is 10.7. The van der Waals surface area contributed by atoms with Crippen LogP contribution in [-0.2, 0) is 6.54 Å². The summed E-state index contributed by atoms with van der Waals surface area (Å²) in [6.07, 6.45) is 0. The predicted octanol–water partition coefficient (Wildman–Crippen LogP) is 2.03. The minimum Gasteiger partial charge on any atom is -0.379 e. The molecule has 1 aromatic heterocycles. The summed E-state index contributed by atoms with van der Waals surface area (Å²) in [5.74, 6) is 0.0367. The lowest BCUT2D eigenvalue weighted by molar-refractivity contribution is 0.700. The van der Waals surface area contributed by atoms with Gasteiger partial charge in [0.1, 0.15) is 0 Å². The molecule has 2 N–H and O–H groups in total. The van der Waals surface area contributed by atoms with Crippen molar-refractivity contribution in [3.63, 3.8) is 0 Å². The number of benzene rings is 2. The molecule has 0 unspecified atom stereocenters. The summed E-state index contributed by atoms with van der Waals surface area (Å²) in [6.45, 7) is 0.589. The first-order valence-corrected chi connectivity index (χ1v) is 6.05. The van der Waals surface area contributed by atoms with Gasteiger partial charge in [0.25, 0.3) is 0 Å². The number of hydrogen-bond acceptors (Lipinski definition) is 3. The zero-order valence-electron chi connectivity index (χ0n) is 10.3. The lowest BCUT2D eigenvalue weighted by Gasteiger charge is -2.10. The van der Waals surface area contributed by atoms with Gasteiger partial charge in [-0.2, -0.15) is 5.10 Å². The van der Waals surface area contributed by atoms with Crippen LogP contribution in [0.15, 0.2) is 59.4 Å². The Labute approximate surface area is 110 Å².